The van der Waals surface area contributed by atoms with Crippen molar-refractivity contribution in [2.24, 2.45) is 0 Å². The third kappa shape index (κ3) is 3.12. The maximum atomic E-state index is 12.2. The lowest BCUT2D eigenvalue weighted by atomic mass is 10.1. The van der Waals surface area contributed by atoms with Crippen LogP contribution in [0.1, 0.15) is 27.2 Å². The average molecular weight is 275 g/mol. The molecule has 19 heavy (non-hydrogen) atoms. The van der Waals surface area contributed by atoms with E-state index in [9.17, 15) is 4.79 Å². The minimum atomic E-state index is -0.244. The minimum absolute atomic E-state index is 0.244. The Labute approximate surface area is 117 Å². The first-order valence-electron chi connectivity index (χ1n) is 5.98. The first-order chi connectivity index (χ1) is 8.97. The second-order valence-corrected chi connectivity index (χ2v) is 4.99. The zero-order valence-electron chi connectivity index (χ0n) is 11.1. The van der Waals surface area contributed by atoms with E-state index < -0.39 is 0 Å². The fraction of sp³-hybridized carbons (Fsp3) is 0.200. The van der Waals surface area contributed by atoms with Crippen molar-refractivity contribution in [1.29, 1.82) is 0 Å². The molecule has 0 aliphatic heterocycles. The SMILES string of the molecule is Cc1ccc(C)c(NC(=O)c2cnc(C)cc2Cl)c1. The van der Waals surface area contributed by atoms with Crippen LogP contribution in [-0.2, 0) is 0 Å². The minimum Gasteiger partial charge on any atom is -0.322 e. The molecule has 0 aliphatic carbocycles. The van der Waals surface area contributed by atoms with Crippen LogP contribution in [0.4, 0.5) is 5.69 Å². The van der Waals surface area contributed by atoms with E-state index in [0.29, 0.717) is 10.6 Å². The number of amides is 1. The van der Waals surface area contributed by atoms with Crippen LogP contribution >= 0.6 is 11.6 Å². The summed E-state index contributed by atoms with van der Waals surface area (Å²) in [7, 11) is 0. The average Bonchev–Trinajstić information content (AvgIpc) is 2.33. The quantitative estimate of drug-likeness (QED) is 0.902. The highest BCUT2D eigenvalue weighted by Gasteiger charge is 2.12. The van der Waals surface area contributed by atoms with Crippen molar-refractivity contribution in [3.05, 3.63) is 57.9 Å². The van der Waals surface area contributed by atoms with Crippen molar-refractivity contribution < 1.29 is 4.79 Å². The molecular weight excluding hydrogens is 260 g/mol. The summed E-state index contributed by atoms with van der Waals surface area (Å²) in [5.74, 6) is -0.244. The number of nitrogens with one attached hydrogen (secondary N) is 1. The van der Waals surface area contributed by atoms with Crippen LogP contribution in [0.5, 0.6) is 0 Å². The second kappa shape index (κ2) is 5.41. The lowest BCUT2D eigenvalue weighted by molar-refractivity contribution is 0.102. The molecule has 0 unspecified atom stereocenters. The number of aromatic nitrogens is 1. The highest BCUT2D eigenvalue weighted by atomic mass is 35.5. The molecule has 2 rings (SSSR count). The molecule has 0 spiro atoms. The lowest BCUT2D eigenvalue weighted by Crippen LogP contribution is -2.14. The number of anilines is 1. The molecule has 0 fully saturated rings. The van der Waals surface area contributed by atoms with E-state index in [0.717, 1.165) is 22.5 Å². The van der Waals surface area contributed by atoms with E-state index >= 15 is 0 Å². The topological polar surface area (TPSA) is 42.0 Å². The number of nitrogens with zero attached hydrogens (tertiary/aromatic N) is 1. The van der Waals surface area contributed by atoms with Crippen LogP contribution in [0.3, 0.4) is 0 Å². The molecule has 1 N–H and O–H groups in total. The number of rotatable bonds is 2. The summed E-state index contributed by atoms with van der Waals surface area (Å²) in [4.78, 5) is 16.3. The number of hydrogen-bond acceptors (Lipinski definition) is 2. The van der Waals surface area contributed by atoms with E-state index in [1.807, 2.05) is 39.0 Å². The van der Waals surface area contributed by atoms with E-state index in [1.165, 1.54) is 6.20 Å². The third-order valence-electron chi connectivity index (χ3n) is 2.88. The van der Waals surface area contributed by atoms with Crippen molar-refractivity contribution in [2.75, 3.05) is 5.32 Å². The molecule has 1 heterocycles. The van der Waals surface area contributed by atoms with E-state index in [-0.39, 0.29) is 5.91 Å². The van der Waals surface area contributed by atoms with Gasteiger partial charge in [-0.25, -0.2) is 0 Å². The Morgan fingerprint density at radius 2 is 1.95 bits per heavy atom. The fourth-order valence-electron chi connectivity index (χ4n) is 1.75. The number of pyridine rings is 1. The van der Waals surface area contributed by atoms with Crippen molar-refractivity contribution in [2.45, 2.75) is 20.8 Å². The number of halogens is 1. The highest BCUT2D eigenvalue weighted by Crippen LogP contribution is 2.20. The summed E-state index contributed by atoms with van der Waals surface area (Å²) in [6, 6.07) is 7.59. The Hall–Kier alpha value is -1.87. The standard InChI is InChI=1S/C15H15ClN2O/c1-9-4-5-10(2)14(6-9)18-15(19)12-8-17-11(3)7-13(12)16/h4-8H,1-3H3,(H,18,19). The van der Waals surface area contributed by atoms with Crippen molar-refractivity contribution >= 4 is 23.2 Å². The van der Waals surface area contributed by atoms with Crippen LogP contribution < -0.4 is 5.32 Å². The Morgan fingerprint density at radius 3 is 2.63 bits per heavy atom. The summed E-state index contributed by atoms with van der Waals surface area (Å²) in [5.41, 5.74) is 4.06. The largest absolute Gasteiger partial charge is 0.322 e. The first kappa shape index (κ1) is 13.6. The molecule has 0 atom stereocenters. The second-order valence-electron chi connectivity index (χ2n) is 4.58. The van der Waals surface area contributed by atoms with Crippen molar-refractivity contribution in [3.63, 3.8) is 0 Å². The molecule has 1 amide bonds. The molecule has 1 aromatic carbocycles. The van der Waals surface area contributed by atoms with Gasteiger partial charge in [-0.3, -0.25) is 9.78 Å². The van der Waals surface area contributed by atoms with Gasteiger partial charge in [0.05, 0.1) is 10.6 Å². The summed E-state index contributed by atoms with van der Waals surface area (Å²) in [6.45, 7) is 5.76. The molecule has 1 aromatic heterocycles. The van der Waals surface area contributed by atoms with Crippen LogP contribution in [0.25, 0.3) is 0 Å². The lowest BCUT2D eigenvalue weighted by Gasteiger charge is -2.10. The van der Waals surface area contributed by atoms with Crippen LogP contribution in [0.15, 0.2) is 30.5 Å². The Bertz CT molecular complexity index is 638. The van der Waals surface area contributed by atoms with Gasteiger partial charge in [-0.05, 0) is 44.0 Å². The van der Waals surface area contributed by atoms with Gasteiger partial charge in [0.25, 0.3) is 5.91 Å². The highest BCUT2D eigenvalue weighted by molar-refractivity contribution is 6.34. The Kier molecular flexibility index (Phi) is 3.86. The van der Waals surface area contributed by atoms with Gasteiger partial charge in [0, 0.05) is 17.6 Å². The Balaban J connectivity index is 2.28. The maximum absolute atomic E-state index is 12.2. The van der Waals surface area contributed by atoms with Gasteiger partial charge in [0.15, 0.2) is 0 Å². The molecule has 0 bridgehead atoms. The van der Waals surface area contributed by atoms with Crippen LogP contribution in [-0.4, -0.2) is 10.9 Å². The summed E-state index contributed by atoms with van der Waals surface area (Å²) in [6.07, 6.45) is 1.50. The first-order valence-corrected chi connectivity index (χ1v) is 6.36. The predicted molar refractivity (Wildman–Crippen MR) is 77.9 cm³/mol. The fourth-order valence-corrected chi connectivity index (χ4v) is 2.05. The number of benzene rings is 1. The van der Waals surface area contributed by atoms with E-state index in [1.54, 1.807) is 6.07 Å². The van der Waals surface area contributed by atoms with Crippen LogP contribution in [0, 0.1) is 20.8 Å². The molecular formula is C15H15ClN2O. The molecule has 0 saturated heterocycles. The smallest absolute Gasteiger partial charge is 0.258 e. The predicted octanol–water partition coefficient (Wildman–Crippen LogP) is 3.91. The molecule has 0 radical (unpaired) electrons. The van der Waals surface area contributed by atoms with Crippen molar-refractivity contribution in [3.8, 4) is 0 Å². The molecule has 4 heteroatoms. The van der Waals surface area contributed by atoms with Gasteiger partial charge in [0.1, 0.15) is 0 Å². The monoisotopic (exact) mass is 274 g/mol. The van der Waals surface area contributed by atoms with Crippen LogP contribution in [0.2, 0.25) is 5.02 Å². The zero-order chi connectivity index (χ0) is 14.0. The zero-order valence-corrected chi connectivity index (χ0v) is 11.9. The molecule has 3 nitrogen and oxygen atoms in total. The number of carbonyl (C=O) groups excluding carboxylic acids is 1. The normalized spacial score (nSPS) is 10.3. The summed E-state index contributed by atoms with van der Waals surface area (Å²) < 4.78 is 0. The molecule has 0 aliphatic rings. The number of hydrogen-bond donors (Lipinski definition) is 1. The van der Waals surface area contributed by atoms with Gasteiger partial charge in [-0.15, -0.1) is 0 Å². The van der Waals surface area contributed by atoms with Gasteiger partial charge in [-0.1, -0.05) is 23.7 Å². The van der Waals surface area contributed by atoms with Gasteiger partial charge in [0.2, 0.25) is 0 Å². The number of carbonyl (C=O) groups is 1. The van der Waals surface area contributed by atoms with Crippen molar-refractivity contribution in [1.82, 2.24) is 4.98 Å². The molecule has 0 saturated carbocycles. The van der Waals surface area contributed by atoms with E-state index in [4.69, 9.17) is 11.6 Å². The summed E-state index contributed by atoms with van der Waals surface area (Å²) >= 11 is 6.06. The van der Waals surface area contributed by atoms with E-state index in [2.05, 4.69) is 10.3 Å². The number of aryl methyl sites for hydroxylation is 3. The van der Waals surface area contributed by atoms with Gasteiger partial charge < -0.3 is 5.32 Å². The Morgan fingerprint density at radius 1 is 1.21 bits per heavy atom. The third-order valence-corrected chi connectivity index (χ3v) is 3.19. The molecule has 98 valence electrons. The van der Waals surface area contributed by atoms with Gasteiger partial charge in [-0.2, -0.15) is 0 Å². The molecule has 2 aromatic rings. The van der Waals surface area contributed by atoms with Gasteiger partial charge >= 0.3 is 0 Å². The maximum Gasteiger partial charge on any atom is 0.258 e. The summed E-state index contributed by atoms with van der Waals surface area (Å²) in [5, 5.41) is 3.28.